The normalized spacial score (nSPS) is 11.8. The van der Waals surface area contributed by atoms with Gasteiger partial charge in [-0.05, 0) is 42.0 Å². The molecule has 2 aromatic rings. The van der Waals surface area contributed by atoms with E-state index in [-0.39, 0.29) is 11.3 Å². The Balaban J connectivity index is 2.28. The largest absolute Gasteiger partial charge is 0.398 e. The maximum atomic E-state index is 13.3. The summed E-state index contributed by atoms with van der Waals surface area (Å²) in [4.78, 5) is 0.496. The molecule has 1 atom stereocenters. The maximum absolute atomic E-state index is 13.3. The molecule has 102 valence electrons. The molecule has 1 unspecified atom stereocenters. The molecule has 0 bridgehead atoms. The monoisotopic (exact) mass is 352 g/mol. The quantitative estimate of drug-likeness (QED) is 0.861. The highest BCUT2D eigenvalue weighted by Crippen LogP contribution is 2.23. The lowest BCUT2D eigenvalue weighted by Crippen LogP contribution is -2.01. The van der Waals surface area contributed by atoms with Crippen molar-refractivity contribution in [1.29, 1.82) is 5.26 Å². The summed E-state index contributed by atoms with van der Waals surface area (Å²) in [5, 5.41) is 8.79. The third kappa shape index (κ3) is 3.44. The molecule has 0 aliphatic rings. The van der Waals surface area contributed by atoms with Gasteiger partial charge in [0.25, 0.3) is 0 Å². The molecule has 2 N–H and O–H groups in total. The Morgan fingerprint density at radius 2 is 2.05 bits per heavy atom. The smallest absolute Gasteiger partial charge is 0.124 e. The van der Waals surface area contributed by atoms with Crippen LogP contribution in [-0.4, -0.2) is 4.21 Å². The van der Waals surface area contributed by atoms with E-state index in [1.165, 1.54) is 12.1 Å². The minimum atomic E-state index is -1.39. The van der Waals surface area contributed by atoms with Gasteiger partial charge in [-0.15, -0.1) is 0 Å². The highest BCUT2D eigenvalue weighted by molar-refractivity contribution is 9.10. The van der Waals surface area contributed by atoms with Crippen LogP contribution in [0.15, 0.2) is 45.8 Å². The molecule has 0 aromatic heterocycles. The van der Waals surface area contributed by atoms with Crippen LogP contribution < -0.4 is 5.73 Å². The van der Waals surface area contributed by atoms with Crippen LogP contribution in [-0.2, 0) is 16.6 Å². The average Bonchev–Trinajstić information content (AvgIpc) is 2.37. The summed E-state index contributed by atoms with van der Waals surface area (Å²) in [6.07, 6.45) is 0. The van der Waals surface area contributed by atoms with Crippen molar-refractivity contribution < 1.29 is 8.60 Å². The first-order valence-corrected chi connectivity index (χ1v) is 7.74. The van der Waals surface area contributed by atoms with Gasteiger partial charge in [0.2, 0.25) is 0 Å². The van der Waals surface area contributed by atoms with Crippen LogP contribution in [0.4, 0.5) is 10.1 Å². The van der Waals surface area contributed by atoms with Crippen molar-refractivity contribution in [1.82, 2.24) is 0 Å². The van der Waals surface area contributed by atoms with Crippen LogP contribution in [0.2, 0.25) is 0 Å². The highest BCUT2D eigenvalue weighted by Gasteiger charge is 2.11. The molecule has 20 heavy (non-hydrogen) atoms. The molecule has 0 spiro atoms. The number of nitrogen functional groups attached to an aromatic ring is 1. The lowest BCUT2D eigenvalue weighted by molar-refractivity contribution is 0.625. The van der Waals surface area contributed by atoms with E-state index in [9.17, 15) is 8.60 Å². The zero-order valence-corrected chi connectivity index (χ0v) is 12.7. The second-order valence-corrected chi connectivity index (χ2v) is 6.47. The first-order valence-electron chi connectivity index (χ1n) is 5.62. The van der Waals surface area contributed by atoms with Crippen molar-refractivity contribution in [3.8, 4) is 6.07 Å². The van der Waals surface area contributed by atoms with Crippen molar-refractivity contribution in [3.63, 3.8) is 0 Å². The van der Waals surface area contributed by atoms with Gasteiger partial charge in [-0.25, -0.2) is 4.39 Å². The molecule has 0 saturated heterocycles. The van der Waals surface area contributed by atoms with E-state index in [0.29, 0.717) is 16.1 Å². The number of nitriles is 1. The first-order chi connectivity index (χ1) is 9.49. The first kappa shape index (κ1) is 14.7. The predicted molar refractivity (Wildman–Crippen MR) is 79.8 cm³/mol. The number of hydrogen-bond acceptors (Lipinski definition) is 3. The summed E-state index contributed by atoms with van der Waals surface area (Å²) < 4.78 is 26.4. The molecular formula is C14H10BrFN2OS. The third-order valence-electron chi connectivity index (χ3n) is 2.60. The Hall–Kier alpha value is -1.71. The highest BCUT2D eigenvalue weighted by atomic mass is 79.9. The van der Waals surface area contributed by atoms with Gasteiger partial charge in [-0.2, -0.15) is 5.26 Å². The van der Waals surface area contributed by atoms with Crippen LogP contribution >= 0.6 is 15.9 Å². The molecule has 0 radical (unpaired) electrons. The van der Waals surface area contributed by atoms with E-state index in [2.05, 4.69) is 15.9 Å². The number of nitrogens with zero attached hydrogens (tertiary/aromatic N) is 1. The van der Waals surface area contributed by atoms with Crippen molar-refractivity contribution in [3.05, 3.63) is 57.8 Å². The van der Waals surface area contributed by atoms with Gasteiger partial charge >= 0.3 is 0 Å². The van der Waals surface area contributed by atoms with Crippen molar-refractivity contribution in [2.75, 3.05) is 5.73 Å². The molecule has 0 saturated carbocycles. The Morgan fingerprint density at radius 1 is 1.30 bits per heavy atom. The Bertz CT molecular complexity index is 728. The third-order valence-corrected chi connectivity index (χ3v) is 4.55. The Kier molecular flexibility index (Phi) is 4.53. The molecular weight excluding hydrogens is 343 g/mol. The molecule has 2 aromatic carbocycles. The summed E-state index contributed by atoms with van der Waals surface area (Å²) in [6.45, 7) is 0. The average molecular weight is 353 g/mol. The number of anilines is 1. The fraction of sp³-hybridized carbons (Fsp3) is 0.0714. The summed E-state index contributed by atoms with van der Waals surface area (Å²) in [6, 6.07) is 10.9. The van der Waals surface area contributed by atoms with Crippen LogP contribution in [0.3, 0.4) is 0 Å². The minimum absolute atomic E-state index is 0.109. The van der Waals surface area contributed by atoms with Crippen LogP contribution in [0.25, 0.3) is 0 Å². The SMILES string of the molecule is N#Cc1cc(F)cc(CS(=O)c2ccc(Br)cc2N)c1. The fourth-order valence-electron chi connectivity index (χ4n) is 1.75. The zero-order valence-electron chi connectivity index (χ0n) is 10.3. The maximum Gasteiger partial charge on any atom is 0.124 e. The van der Waals surface area contributed by atoms with Gasteiger partial charge in [0.15, 0.2) is 0 Å². The van der Waals surface area contributed by atoms with Crippen LogP contribution in [0, 0.1) is 17.1 Å². The standard InChI is InChI=1S/C14H10BrFN2OS/c15-11-1-2-14(13(18)6-11)20(19)8-10-3-9(7-17)4-12(16)5-10/h1-6H,8,18H2. The molecule has 0 fully saturated rings. The Labute approximate surface area is 126 Å². The summed E-state index contributed by atoms with van der Waals surface area (Å²) >= 11 is 3.28. The molecule has 0 amide bonds. The van der Waals surface area contributed by atoms with Crippen LogP contribution in [0.1, 0.15) is 11.1 Å². The lowest BCUT2D eigenvalue weighted by Gasteiger charge is -2.07. The number of nitrogens with two attached hydrogens (primary N) is 1. The zero-order chi connectivity index (χ0) is 14.7. The number of halogens is 2. The topological polar surface area (TPSA) is 66.9 Å². The molecule has 3 nitrogen and oxygen atoms in total. The van der Waals surface area contributed by atoms with E-state index in [1.54, 1.807) is 18.2 Å². The molecule has 0 aliphatic carbocycles. The van der Waals surface area contributed by atoms with Gasteiger partial charge < -0.3 is 5.73 Å². The molecule has 2 rings (SSSR count). The van der Waals surface area contributed by atoms with Gasteiger partial charge in [0.1, 0.15) is 5.82 Å². The second kappa shape index (κ2) is 6.16. The number of rotatable bonds is 3. The Morgan fingerprint density at radius 3 is 2.70 bits per heavy atom. The lowest BCUT2D eigenvalue weighted by atomic mass is 10.1. The minimum Gasteiger partial charge on any atom is -0.398 e. The van der Waals surface area contributed by atoms with E-state index in [1.807, 2.05) is 6.07 Å². The van der Waals surface area contributed by atoms with E-state index >= 15 is 0 Å². The molecule has 0 heterocycles. The van der Waals surface area contributed by atoms with E-state index in [0.717, 1.165) is 10.5 Å². The summed E-state index contributed by atoms with van der Waals surface area (Å²) in [7, 11) is -1.39. The van der Waals surface area contributed by atoms with Gasteiger partial charge in [0, 0.05) is 10.2 Å². The van der Waals surface area contributed by atoms with Gasteiger partial charge in [-0.3, -0.25) is 4.21 Å². The molecule has 6 heteroatoms. The van der Waals surface area contributed by atoms with Gasteiger partial charge in [0.05, 0.1) is 33.1 Å². The van der Waals surface area contributed by atoms with E-state index in [4.69, 9.17) is 11.0 Å². The summed E-state index contributed by atoms with van der Waals surface area (Å²) in [5.41, 5.74) is 6.94. The predicted octanol–water partition coefficient (Wildman–Crippen LogP) is 3.35. The van der Waals surface area contributed by atoms with Crippen LogP contribution in [0.5, 0.6) is 0 Å². The summed E-state index contributed by atoms with van der Waals surface area (Å²) in [5.74, 6) is -0.405. The van der Waals surface area contributed by atoms with Crippen molar-refractivity contribution in [2.45, 2.75) is 10.6 Å². The van der Waals surface area contributed by atoms with E-state index < -0.39 is 16.6 Å². The number of benzene rings is 2. The fourth-order valence-corrected chi connectivity index (χ4v) is 3.30. The second-order valence-electron chi connectivity index (χ2n) is 4.13. The number of hydrogen-bond donors (Lipinski definition) is 1. The van der Waals surface area contributed by atoms with Crippen molar-refractivity contribution >= 4 is 32.4 Å². The molecule has 0 aliphatic heterocycles. The van der Waals surface area contributed by atoms with Gasteiger partial charge in [-0.1, -0.05) is 15.9 Å². The van der Waals surface area contributed by atoms with Crippen molar-refractivity contribution in [2.24, 2.45) is 0 Å².